The Hall–Kier alpha value is -1.23. The molecule has 0 aromatic carbocycles. The molecule has 0 amide bonds. The highest BCUT2D eigenvalue weighted by Gasteiger charge is 2.69. The Kier molecular flexibility index (Phi) is 8.77. The van der Waals surface area contributed by atoms with Crippen LogP contribution in [0.2, 0.25) is 0 Å². The number of hydrogen-bond donors (Lipinski definition) is 8. The molecule has 16 atom stereocenters. The number of carbonyl (C=O) groups is 1. The van der Waals surface area contributed by atoms with Crippen LogP contribution in [-0.2, 0) is 23.7 Å². The van der Waals surface area contributed by atoms with Gasteiger partial charge in [-0.1, -0.05) is 19.9 Å². The summed E-state index contributed by atoms with van der Waals surface area (Å²) in [6.07, 6.45) is -7.82. The summed E-state index contributed by atoms with van der Waals surface area (Å²) in [4.78, 5) is 13.9. The summed E-state index contributed by atoms with van der Waals surface area (Å²) >= 11 is 0. The number of rotatable bonds is 6. The van der Waals surface area contributed by atoms with E-state index in [0.29, 0.717) is 25.7 Å². The molecule has 4 aliphatic carbocycles. The molecule has 1 spiro atoms. The van der Waals surface area contributed by atoms with Gasteiger partial charge in [0.25, 0.3) is 0 Å². The monoisotopic (exact) mass is 642 g/mol. The maximum atomic E-state index is 13.9. The Morgan fingerprint density at radius 3 is 2.00 bits per heavy atom. The normalized spacial score (nSPS) is 54.7. The van der Waals surface area contributed by atoms with Crippen LogP contribution in [0.4, 0.5) is 0 Å². The van der Waals surface area contributed by atoms with Crippen molar-refractivity contribution in [1.29, 1.82) is 0 Å². The molecule has 0 aromatic rings. The van der Waals surface area contributed by atoms with Gasteiger partial charge in [-0.15, -0.1) is 0 Å². The number of aliphatic hydroxyl groups is 8. The van der Waals surface area contributed by atoms with Gasteiger partial charge in [0, 0.05) is 0 Å². The van der Waals surface area contributed by atoms with E-state index in [2.05, 4.69) is 13.5 Å². The highest BCUT2D eigenvalue weighted by Crippen LogP contribution is 2.73. The molecule has 256 valence electrons. The lowest BCUT2D eigenvalue weighted by Crippen LogP contribution is -2.63. The second-order valence-electron chi connectivity index (χ2n) is 15.2. The summed E-state index contributed by atoms with van der Waals surface area (Å²) in [5.74, 6) is -0.348. The molecule has 4 saturated carbocycles. The van der Waals surface area contributed by atoms with E-state index in [0.717, 1.165) is 37.7 Å². The number of esters is 1. The maximum Gasteiger partial charge on any atom is 0.314 e. The van der Waals surface area contributed by atoms with Gasteiger partial charge in [0.2, 0.25) is 6.29 Å². The number of carbonyl (C=O) groups excluding carboxylic acids is 1. The zero-order valence-corrected chi connectivity index (χ0v) is 26.0. The average molecular weight is 643 g/mol. The molecule has 6 fully saturated rings. The quantitative estimate of drug-likeness (QED) is 0.102. The number of fused-ring (bicyclic) bond motifs is 3. The molecule has 45 heavy (non-hydrogen) atoms. The summed E-state index contributed by atoms with van der Waals surface area (Å²) in [7, 11) is 0. The Labute approximate surface area is 262 Å². The van der Waals surface area contributed by atoms with Crippen LogP contribution in [0.5, 0.6) is 0 Å². The topological polar surface area (TPSA) is 216 Å². The third kappa shape index (κ3) is 5.04. The van der Waals surface area contributed by atoms with Crippen LogP contribution in [0.15, 0.2) is 12.2 Å². The minimum Gasteiger partial charge on any atom is -0.432 e. The van der Waals surface area contributed by atoms with Gasteiger partial charge in [-0.3, -0.25) is 4.79 Å². The maximum absolute atomic E-state index is 13.9. The zero-order chi connectivity index (χ0) is 32.7. The highest BCUT2D eigenvalue weighted by molar-refractivity contribution is 5.77. The molecule has 2 aliphatic heterocycles. The fourth-order valence-electron chi connectivity index (χ4n) is 10.5. The Balaban J connectivity index is 1.20. The molecular weight excluding hydrogens is 592 g/mol. The SMILES string of the molecule is C=C1CC23CC[C@H]4[C@@](C)(CCC[C@@]4(C)C(=O)O[C@H]4O[C@@H](CO)[C@H](O)[C@@H](O)[C@@H]4O)[C@@H]2CCC1(O[C@H]1O[C@H](CO)[C@@H](O)[C@H](O)[C@H]1O)C3. The van der Waals surface area contributed by atoms with Gasteiger partial charge in [0.1, 0.15) is 48.8 Å². The predicted molar refractivity (Wildman–Crippen MR) is 154 cm³/mol. The van der Waals surface area contributed by atoms with E-state index in [1.165, 1.54) is 0 Å². The van der Waals surface area contributed by atoms with E-state index in [1.54, 1.807) is 0 Å². The van der Waals surface area contributed by atoms with Crippen molar-refractivity contribution in [3.63, 3.8) is 0 Å². The minimum atomic E-state index is -1.67. The van der Waals surface area contributed by atoms with Gasteiger partial charge < -0.3 is 59.8 Å². The van der Waals surface area contributed by atoms with Gasteiger partial charge in [0.15, 0.2) is 6.29 Å². The van der Waals surface area contributed by atoms with Crippen molar-refractivity contribution >= 4 is 5.97 Å². The number of aliphatic hydroxyl groups excluding tert-OH is 8. The molecule has 13 heteroatoms. The molecule has 8 N–H and O–H groups in total. The van der Waals surface area contributed by atoms with E-state index < -0.39 is 91.6 Å². The highest BCUT2D eigenvalue weighted by atomic mass is 16.7. The lowest BCUT2D eigenvalue weighted by Gasteiger charge is -2.64. The van der Waals surface area contributed by atoms with Gasteiger partial charge >= 0.3 is 5.97 Å². The lowest BCUT2D eigenvalue weighted by molar-refractivity contribution is -0.327. The molecule has 0 radical (unpaired) electrons. The summed E-state index contributed by atoms with van der Waals surface area (Å²) in [6, 6.07) is 0. The largest absolute Gasteiger partial charge is 0.432 e. The fraction of sp³-hybridized carbons (Fsp3) is 0.906. The van der Waals surface area contributed by atoms with Crippen molar-refractivity contribution < 1.29 is 64.6 Å². The minimum absolute atomic E-state index is 0.0421. The van der Waals surface area contributed by atoms with E-state index in [9.17, 15) is 45.6 Å². The molecule has 2 heterocycles. The second-order valence-corrected chi connectivity index (χ2v) is 15.2. The smallest absolute Gasteiger partial charge is 0.314 e. The van der Waals surface area contributed by atoms with Crippen molar-refractivity contribution in [2.24, 2.45) is 28.1 Å². The second kappa shape index (κ2) is 11.7. The van der Waals surface area contributed by atoms with Crippen LogP contribution >= 0.6 is 0 Å². The van der Waals surface area contributed by atoms with Crippen LogP contribution in [0.1, 0.15) is 71.6 Å². The first-order valence-electron chi connectivity index (χ1n) is 16.3. The van der Waals surface area contributed by atoms with Crippen LogP contribution in [-0.4, -0.2) is 127 Å². The third-order valence-corrected chi connectivity index (χ3v) is 12.9. The van der Waals surface area contributed by atoms with Crippen molar-refractivity contribution in [3.8, 4) is 0 Å². The van der Waals surface area contributed by atoms with E-state index in [-0.39, 0.29) is 22.7 Å². The van der Waals surface area contributed by atoms with Gasteiger partial charge in [-0.05, 0) is 86.5 Å². The fourth-order valence-corrected chi connectivity index (χ4v) is 10.5. The van der Waals surface area contributed by atoms with E-state index in [4.69, 9.17) is 18.9 Å². The van der Waals surface area contributed by atoms with Crippen LogP contribution in [0.25, 0.3) is 0 Å². The summed E-state index contributed by atoms with van der Waals surface area (Å²) in [5, 5.41) is 81.4. The molecule has 2 saturated heterocycles. The van der Waals surface area contributed by atoms with Crippen LogP contribution < -0.4 is 0 Å². The molecular formula is C32H50O13. The molecule has 6 rings (SSSR count). The van der Waals surface area contributed by atoms with E-state index >= 15 is 0 Å². The molecule has 13 nitrogen and oxygen atoms in total. The molecule has 0 aromatic heterocycles. The van der Waals surface area contributed by atoms with Crippen molar-refractivity contribution in [2.75, 3.05) is 13.2 Å². The average Bonchev–Trinajstić information content (AvgIpc) is 3.20. The van der Waals surface area contributed by atoms with Crippen molar-refractivity contribution in [2.45, 2.75) is 139 Å². The van der Waals surface area contributed by atoms with Gasteiger partial charge in [-0.2, -0.15) is 0 Å². The third-order valence-electron chi connectivity index (χ3n) is 12.9. The lowest BCUT2D eigenvalue weighted by atomic mass is 9.41. The molecule has 2 unspecified atom stereocenters. The van der Waals surface area contributed by atoms with Gasteiger partial charge in [0.05, 0.1) is 24.2 Å². The van der Waals surface area contributed by atoms with Gasteiger partial charge in [-0.25, -0.2) is 0 Å². The first-order chi connectivity index (χ1) is 21.2. The number of hydrogen-bond acceptors (Lipinski definition) is 13. The van der Waals surface area contributed by atoms with Crippen LogP contribution in [0.3, 0.4) is 0 Å². The first kappa shape index (κ1) is 33.7. The standard InChI is InChI=1S/C32H50O13/c1-15-11-31-9-5-18-29(2,7-4-8-30(18,3)28(41)44-26-24(39)22(37)20(35)16(12-33)42-26)19(31)6-10-32(15,14-31)45-27-25(40)23(38)21(36)17(13-34)43-27/h16-27,33-40H,1,4-14H2,2-3H3/t16-,17+,18-,19-,20-,21+,22+,23-,24-,25+,26+,27+,29+,30+,31?,32?/m0/s1. The van der Waals surface area contributed by atoms with Crippen molar-refractivity contribution in [1.82, 2.24) is 0 Å². The first-order valence-corrected chi connectivity index (χ1v) is 16.3. The van der Waals surface area contributed by atoms with Crippen molar-refractivity contribution in [3.05, 3.63) is 12.2 Å². The zero-order valence-electron chi connectivity index (χ0n) is 26.0. The summed E-state index contributed by atoms with van der Waals surface area (Å²) in [6.45, 7) is 7.41. The Bertz CT molecular complexity index is 1150. The summed E-state index contributed by atoms with van der Waals surface area (Å²) in [5.41, 5.74) is -1.20. The number of ether oxygens (including phenoxy) is 4. The predicted octanol–water partition coefficient (Wildman–Crippen LogP) is -0.762. The Morgan fingerprint density at radius 2 is 1.38 bits per heavy atom. The van der Waals surface area contributed by atoms with Crippen LogP contribution in [0, 0.1) is 28.1 Å². The molecule has 2 bridgehead atoms. The molecule has 6 aliphatic rings. The summed E-state index contributed by atoms with van der Waals surface area (Å²) < 4.78 is 23.4. The Morgan fingerprint density at radius 1 is 0.800 bits per heavy atom. The van der Waals surface area contributed by atoms with E-state index in [1.807, 2.05) is 6.92 Å².